The Labute approximate surface area is 132 Å². The number of benzene rings is 1. The number of hydrogen-bond acceptors (Lipinski definition) is 5. The van der Waals surface area contributed by atoms with Gasteiger partial charge in [-0.25, -0.2) is 17.6 Å². The minimum absolute atomic E-state index is 0.0411. The fourth-order valence-corrected chi connectivity index (χ4v) is 2.14. The average Bonchev–Trinajstić information content (AvgIpc) is 2.87. The quantitative estimate of drug-likeness (QED) is 0.499. The third kappa shape index (κ3) is 3.35. The van der Waals surface area contributed by atoms with Crippen molar-refractivity contribution < 1.29 is 32.4 Å². The topological polar surface area (TPSA) is 96.0 Å². The lowest BCUT2D eigenvalue weighted by molar-refractivity contribution is -0.384. The SMILES string of the molecule is O=C(Cc1ccc([N+](=O)[O-])cc1)N1N=C(C(F)F)C[C@]1(O)C(F)F. The maximum absolute atomic E-state index is 13.0. The smallest absolute Gasteiger partial charge is 0.287 e. The first-order chi connectivity index (χ1) is 11.1. The molecule has 24 heavy (non-hydrogen) atoms. The van der Waals surface area contributed by atoms with Crippen LogP contribution in [-0.4, -0.2) is 45.2 Å². The third-order valence-corrected chi connectivity index (χ3v) is 3.38. The van der Waals surface area contributed by atoms with E-state index >= 15 is 0 Å². The van der Waals surface area contributed by atoms with Crippen molar-refractivity contribution in [1.29, 1.82) is 0 Å². The molecule has 0 radical (unpaired) electrons. The van der Waals surface area contributed by atoms with Crippen molar-refractivity contribution in [1.82, 2.24) is 5.01 Å². The molecule has 2 rings (SSSR count). The Hall–Kier alpha value is -2.56. The van der Waals surface area contributed by atoms with Gasteiger partial charge in [0.15, 0.2) is 0 Å². The normalized spacial score (nSPS) is 20.6. The lowest BCUT2D eigenvalue weighted by Crippen LogP contribution is -2.52. The molecule has 11 heteroatoms. The van der Waals surface area contributed by atoms with Crippen LogP contribution in [-0.2, 0) is 11.2 Å². The average molecular weight is 349 g/mol. The third-order valence-electron chi connectivity index (χ3n) is 3.38. The number of carbonyl (C=O) groups is 1. The van der Waals surface area contributed by atoms with Crippen molar-refractivity contribution in [3.05, 3.63) is 39.9 Å². The number of rotatable bonds is 5. The molecule has 0 saturated heterocycles. The van der Waals surface area contributed by atoms with Crippen LogP contribution < -0.4 is 0 Å². The summed E-state index contributed by atoms with van der Waals surface area (Å²) >= 11 is 0. The standard InChI is InChI=1S/C13H11F4N3O4/c14-11(15)9-6-13(22,12(16)17)19(18-9)10(21)5-7-1-3-8(4-2-7)20(23)24/h1-4,11-12,22H,5-6H2/t13-/m0/s1. The summed E-state index contributed by atoms with van der Waals surface area (Å²) in [6, 6.07) is 4.62. The number of carbonyl (C=O) groups excluding carboxylic acids is 1. The number of halogens is 4. The zero-order valence-corrected chi connectivity index (χ0v) is 11.9. The van der Waals surface area contributed by atoms with E-state index in [1.54, 1.807) is 0 Å². The monoisotopic (exact) mass is 349 g/mol. The molecular formula is C13H11F4N3O4. The van der Waals surface area contributed by atoms with Crippen LogP contribution in [0, 0.1) is 10.1 Å². The van der Waals surface area contributed by atoms with Crippen LogP contribution in [0.2, 0.25) is 0 Å². The Morgan fingerprint density at radius 3 is 2.38 bits per heavy atom. The van der Waals surface area contributed by atoms with Gasteiger partial charge in [0.2, 0.25) is 11.6 Å². The van der Waals surface area contributed by atoms with Crippen LogP contribution in [0.3, 0.4) is 0 Å². The summed E-state index contributed by atoms with van der Waals surface area (Å²) in [5, 5.41) is 23.4. The van der Waals surface area contributed by atoms with E-state index in [1.807, 2.05) is 0 Å². The highest BCUT2D eigenvalue weighted by Crippen LogP contribution is 2.33. The zero-order chi connectivity index (χ0) is 18.1. The van der Waals surface area contributed by atoms with Crippen molar-refractivity contribution >= 4 is 17.3 Å². The molecule has 1 N–H and O–H groups in total. The maximum atomic E-state index is 13.0. The predicted octanol–water partition coefficient (Wildman–Crippen LogP) is 1.94. The fourth-order valence-electron chi connectivity index (χ4n) is 2.14. The number of amides is 1. The van der Waals surface area contributed by atoms with Crippen molar-refractivity contribution in [2.75, 3.05) is 0 Å². The number of aliphatic hydroxyl groups is 1. The molecule has 0 aliphatic carbocycles. The number of hydrogen-bond donors (Lipinski definition) is 1. The molecule has 1 aliphatic rings. The van der Waals surface area contributed by atoms with Crippen LogP contribution in [0.25, 0.3) is 0 Å². The van der Waals surface area contributed by atoms with E-state index < -0.39 is 48.0 Å². The summed E-state index contributed by atoms with van der Waals surface area (Å²) in [5.74, 6) is -1.14. The zero-order valence-electron chi connectivity index (χ0n) is 11.9. The highest BCUT2D eigenvalue weighted by atomic mass is 19.3. The molecular weight excluding hydrogens is 338 g/mol. The first kappa shape index (κ1) is 17.8. The Balaban J connectivity index is 2.21. The van der Waals surface area contributed by atoms with E-state index in [4.69, 9.17) is 0 Å². The van der Waals surface area contributed by atoms with Gasteiger partial charge in [0, 0.05) is 18.6 Å². The number of nitrogens with zero attached hydrogens (tertiary/aromatic N) is 3. The van der Waals surface area contributed by atoms with Crippen LogP contribution in [0.1, 0.15) is 12.0 Å². The molecule has 7 nitrogen and oxygen atoms in total. The molecule has 0 fully saturated rings. The highest BCUT2D eigenvalue weighted by Gasteiger charge is 2.53. The molecule has 1 aromatic rings. The fraction of sp³-hybridized carbons (Fsp3) is 0.385. The van der Waals surface area contributed by atoms with Crippen molar-refractivity contribution in [2.45, 2.75) is 31.4 Å². The van der Waals surface area contributed by atoms with Gasteiger partial charge >= 0.3 is 0 Å². The van der Waals surface area contributed by atoms with Crippen LogP contribution in [0.15, 0.2) is 29.4 Å². The summed E-state index contributed by atoms with van der Waals surface area (Å²) in [5.41, 5.74) is -4.18. The Bertz CT molecular complexity index is 680. The largest absolute Gasteiger partial charge is 0.364 e. The molecule has 0 aromatic heterocycles. The van der Waals surface area contributed by atoms with Gasteiger partial charge in [-0.05, 0) is 5.56 Å². The van der Waals surface area contributed by atoms with Gasteiger partial charge in [-0.15, -0.1) is 0 Å². The van der Waals surface area contributed by atoms with Gasteiger partial charge in [0.1, 0.15) is 5.71 Å². The Morgan fingerprint density at radius 2 is 1.92 bits per heavy atom. The number of nitro benzene ring substituents is 1. The van der Waals surface area contributed by atoms with E-state index in [9.17, 15) is 37.6 Å². The van der Waals surface area contributed by atoms with Gasteiger partial charge in [-0.3, -0.25) is 14.9 Å². The summed E-state index contributed by atoms with van der Waals surface area (Å²) in [7, 11) is 0. The van der Waals surface area contributed by atoms with E-state index in [0.717, 1.165) is 12.1 Å². The molecule has 1 amide bonds. The van der Waals surface area contributed by atoms with E-state index in [2.05, 4.69) is 5.10 Å². The lowest BCUT2D eigenvalue weighted by atomic mass is 10.1. The second-order valence-electron chi connectivity index (χ2n) is 5.05. The molecule has 0 unspecified atom stereocenters. The van der Waals surface area contributed by atoms with E-state index in [1.165, 1.54) is 12.1 Å². The van der Waals surface area contributed by atoms with E-state index in [0.29, 0.717) is 0 Å². The first-order valence-corrected chi connectivity index (χ1v) is 6.57. The van der Waals surface area contributed by atoms with Gasteiger partial charge in [-0.1, -0.05) is 12.1 Å². The minimum Gasteiger partial charge on any atom is -0.364 e. The van der Waals surface area contributed by atoms with Crippen molar-refractivity contribution in [2.24, 2.45) is 5.10 Å². The molecule has 1 heterocycles. The number of alkyl halides is 4. The van der Waals surface area contributed by atoms with Crippen LogP contribution in [0.5, 0.6) is 0 Å². The summed E-state index contributed by atoms with van der Waals surface area (Å²) in [6.45, 7) is 0. The second kappa shape index (κ2) is 6.51. The molecule has 1 atom stereocenters. The van der Waals surface area contributed by atoms with Gasteiger partial charge in [-0.2, -0.15) is 10.1 Å². The molecule has 1 aromatic carbocycles. The summed E-state index contributed by atoms with van der Waals surface area (Å²) in [4.78, 5) is 21.9. The number of hydrazone groups is 1. The number of nitro groups is 1. The Kier molecular flexibility index (Phi) is 4.83. The molecule has 130 valence electrons. The summed E-state index contributed by atoms with van der Waals surface area (Å²) < 4.78 is 51.3. The first-order valence-electron chi connectivity index (χ1n) is 6.57. The molecule has 1 aliphatic heterocycles. The van der Waals surface area contributed by atoms with Crippen LogP contribution in [0.4, 0.5) is 23.2 Å². The maximum Gasteiger partial charge on any atom is 0.287 e. The second-order valence-corrected chi connectivity index (χ2v) is 5.05. The molecule has 0 spiro atoms. The van der Waals surface area contributed by atoms with Crippen molar-refractivity contribution in [3.8, 4) is 0 Å². The van der Waals surface area contributed by atoms with Crippen molar-refractivity contribution in [3.63, 3.8) is 0 Å². The molecule has 0 saturated carbocycles. The van der Waals surface area contributed by atoms with Gasteiger partial charge in [0.25, 0.3) is 18.5 Å². The molecule has 0 bridgehead atoms. The highest BCUT2D eigenvalue weighted by molar-refractivity contribution is 5.93. The minimum atomic E-state index is -3.50. The van der Waals surface area contributed by atoms with Gasteiger partial charge in [0.05, 0.1) is 11.3 Å². The van der Waals surface area contributed by atoms with Gasteiger partial charge < -0.3 is 5.11 Å². The number of non-ortho nitro benzene ring substituents is 1. The van der Waals surface area contributed by atoms with E-state index in [-0.39, 0.29) is 16.3 Å². The summed E-state index contributed by atoms with van der Waals surface area (Å²) in [6.07, 6.45) is -8.40. The lowest BCUT2D eigenvalue weighted by Gasteiger charge is -2.30. The Morgan fingerprint density at radius 1 is 1.33 bits per heavy atom. The predicted molar refractivity (Wildman–Crippen MR) is 72.7 cm³/mol. The van der Waals surface area contributed by atoms with Crippen LogP contribution >= 0.6 is 0 Å².